The van der Waals surface area contributed by atoms with Gasteiger partial charge in [-0.15, -0.1) is 0 Å². The maximum absolute atomic E-state index is 14.9. The smallest absolute Gasteiger partial charge is 0.387 e. The molecule has 0 bridgehead atoms. The third-order valence-corrected chi connectivity index (χ3v) is 10.8. The predicted molar refractivity (Wildman–Crippen MR) is 132 cm³/mol. The highest BCUT2D eigenvalue weighted by Gasteiger charge is 2.73. The number of nitrogens with one attached hydrogen (secondary N) is 1. The largest absolute Gasteiger partial charge is 0.435 e. The molecule has 232 valence electrons. The first-order valence-corrected chi connectivity index (χ1v) is 14.2. The van der Waals surface area contributed by atoms with E-state index in [1.54, 1.807) is 0 Å². The summed E-state index contributed by atoms with van der Waals surface area (Å²) in [6, 6.07) is 4.06. The molecule has 15 heteroatoms. The minimum atomic E-state index is -6.38. The van der Waals surface area contributed by atoms with Crippen LogP contribution in [0.15, 0.2) is 47.4 Å². The van der Waals surface area contributed by atoms with Crippen molar-refractivity contribution in [1.82, 2.24) is 5.32 Å². The highest BCUT2D eigenvalue weighted by Crippen LogP contribution is 2.59. The number of alkyl halides is 7. The number of benzene rings is 2. The minimum absolute atomic E-state index is 0.0469. The number of carbonyl (C=O) groups excluding carboxylic acids is 1. The maximum Gasteiger partial charge on any atom is 0.435 e. The molecule has 2 aliphatic carbocycles. The molecule has 2 aromatic rings. The summed E-state index contributed by atoms with van der Waals surface area (Å²) in [6.07, 6.45) is -15.4. The van der Waals surface area contributed by atoms with E-state index in [-0.39, 0.29) is 47.8 Å². The first-order valence-electron chi connectivity index (χ1n) is 12.8. The topological polar surface area (TPSA) is 104 Å². The van der Waals surface area contributed by atoms with E-state index >= 15 is 0 Å². The summed E-state index contributed by atoms with van der Waals surface area (Å²) in [6.45, 7) is 2.33. The first-order chi connectivity index (χ1) is 19.1. The Morgan fingerprint density at radius 2 is 1.55 bits per heavy atom. The Morgan fingerprint density at radius 3 is 2.07 bits per heavy atom. The van der Waals surface area contributed by atoms with Gasteiger partial charge in [-0.1, -0.05) is 18.2 Å². The summed E-state index contributed by atoms with van der Waals surface area (Å²) in [7, 11) is -4.58. The van der Waals surface area contributed by atoms with Gasteiger partial charge in [-0.3, -0.25) is 4.79 Å². The summed E-state index contributed by atoms with van der Waals surface area (Å²) in [5.41, 5.74) is -9.78. The Kier molecular flexibility index (Phi) is 7.77. The predicted octanol–water partition coefficient (Wildman–Crippen LogP) is 4.76. The lowest BCUT2D eigenvalue weighted by Crippen LogP contribution is -2.54. The lowest BCUT2D eigenvalue weighted by Gasteiger charge is -2.43. The second-order valence-corrected chi connectivity index (χ2v) is 13.4. The lowest BCUT2D eigenvalue weighted by molar-refractivity contribution is -0.348. The van der Waals surface area contributed by atoms with Crippen molar-refractivity contribution in [2.75, 3.05) is 0 Å². The van der Waals surface area contributed by atoms with Crippen molar-refractivity contribution in [3.63, 3.8) is 0 Å². The SMILES string of the molecule is CC(C)(O)C(O)C(=O)N[C@@H]1CC[C@@]2(S(=O)(=O)c3ccc(F)cc3)c3ccc(C(F)(C(F)(F)F)C(F)(F)F)cc3CC[C@@H]12. The number of halogens is 8. The van der Waals surface area contributed by atoms with Gasteiger partial charge in [-0.25, -0.2) is 17.2 Å². The molecule has 1 unspecified atom stereocenters. The molecule has 0 spiro atoms. The molecular formula is C27H27F8NO5S. The number of aliphatic hydroxyl groups is 2. The lowest BCUT2D eigenvalue weighted by atomic mass is 9.74. The van der Waals surface area contributed by atoms with E-state index in [0.717, 1.165) is 44.2 Å². The van der Waals surface area contributed by atoms with Crippen LogP contribution in [0.1, 0.15) is 49.8 Å². The fraction of sp³-hybridized carbons (Fsp3) is 0.519. The van der Waals surface area contributed by atoms with Gasteiger partial charge in [0, 0.05) is 17.5 Å². The fourth-order valence-corrected chi connectivity index (χ4v) is 8.61. The van der Waals surface area contributed by atoms with Gasteiger partial charge in [0.05, 0.1) is 10.5 Å². The van der Waals surface area contributed by atoms with Crippen LogP contribution in [0.3, 0.4) is 0 Å². The number of carbonyl (C=O) groups is 1. The van der Waals surface area contributed by atoms with Crippen LogP contribution in [0.4, 0.5) is 35.1 Å². The maximum atomic E-state index is 14.9. The summed E-state index contributed by atoms with van der Waals surface area (Å²) < 4.78 is 136. The zero-order valence-electron chi connectivity index (χ0n) is 22.2. The van der Waals surface area contributed by atoms with Crippen molar-refractivity contribution in [3.05, 3.63) is 65.0 Å². The molecule has 3 N–H and O–H groups in total. The first kappa shape index (κ1) is 32.1. The van der Waals surface area contributed by atoms with Crippen molar-refractivity contribution in [2.24, 2.45) is 5.92 Å². The Bertz CT molecular complexity index is 1450. The molecule has 4 rings (SSSR count). The monoisotopic (exact) mass is 629 g/mol. The second kappa shape index (κ2) is 10.2. The van der Waals surface area contributed by atoms with Gasteiger partial charge in [0.2, 0.25) is 0 Å². The summed E-state index contributed by atoms with van der Waals surface area (Å²) >= 11 is 0. The van der Waals surface area contributed by atoms with Crippen molar-refractivity contribution < 1.29 is 58.5 Å². The van der Waals surface area contributed by atoms with Crippen LogP contribution < -0.4 is 5.32 Å². The van der Waals surface area contributed by atoms with Crippen molar-refractivity contribution >= 4 is 15.7 Å². The Labute approximate surface area is 235 Å². The molecule has 1 fully saturated rings. The summed E-state index contributed by atoms with van der Waals surface area (Å²) in [5, 5.41) is 22.7. The summed E-state index contributed by atoms with van der Waals surface area (Å²) in [5.74, 6) is -2.81. The third kappa shape index (κ3) is 4.86. The normalized spacial score (nSPS) is 24.1. The van der Waals surface area contributed by atoms with Gasteiger partial charge in [-0.05, 0) is 74.9 Å². The number of amides is 1. The standard InChI is InChI=1S/C27H27F8NO5S/c1-23(2,39)21(37)22(38)36-20-11-12-24(42(40,41)17-7-5-16(28)6-8-17)18-10-4-15(13-14(18)3-9-19(20)24)25(29,26(30,31)32)27(33,34)35/h4-8,10,13,19-21,37,39H,3,9,11-12H2,1-2H3,(H,36,38)/t19-,20+,21?,24+/m0/s1. The molecule has 0 aliphatic heterocycles. The molecule has 2 aliphatic rings. The van der Waals surface area contributed by atoms with Crippen LogP contribution in [0, 0.1) is 11.7 Å². The van der Waals surface area contributed by atoms with Gasteiger partial charge in [-0.2, -0.15) is 26.3 Å². The summed E-state index contributed by atoms with van der Waals surface area (Å²) in [4.78, 5) is 12.3. The van der Waals surface area contributed by atoms with Crippen LogP contribution in [0.5, 0.6) is 0 Å². The molecule has 2 aromatic carbocycles. The molecule has 1 amide bonds. The number of aryl methyl sites for hydroxylation is 1. The molecule has 4 atom stereocenters. The Morgan fingerprint density at radius 1 is 0.976 bits per heavy atom. The quantitative estimate of drug-likeness (QED) is 0.316. The number of hydrogen-bond acceptors (Lipinski definition) is 5. The van der Waals surface area contributed by atoms with E-state index in [4.69, 9.17) is 0 Å². The average molecular weight is 630 g/mol. The third-order valence-electron chi connectivity index (χ3n) is 8.22. The van der Waals surface area contributed by atoms with E-state index in [0.29, 0.717) is 6.07 Å². The highest BCUT2D eigenvalue weighted by atomic mass is 32.2. The number of aliphatic hydroxyl groups excluding tert-OH is 1. The molecule has 0 heterocycles. The van der Waals surface area contributed by atoms with Crippen molar-refractivity contribution in [1.29, 1.82) is 0 Å². The highest BCUT2D eigenvalue weighted by molar-refractivity contribution is 7.92. The van der Waals surface area contributed by atoms with Gasteiger partial charge >= 0.3 is 18.0 Å². The fourth-order valence-electron chi connectivity index (χ4n) is 6.13. The van der Waals surface area contributed by atoms with Gasteiger partial charge < -0.3 is 15.5 Å². The van der Waals surface area contributed by atoms with Crippen LogP contribution >= 0.6 is 0 Å². The minimum Gasteiger partial charge on any atom is -0.387 e. The molecule has 0 aromatic heterocycles. The van der Waals surface area contributed by atoms with Crippen LogP contribution in [0.2, 0.25) is 0 Å². The zero-order chi connectivity index (χ0) is 31.7. The zero-order valence-corrected chi connectivity index (χ0v) is 23.0. The molecule has 42 heavy (non-hydrogen) atoms. The van der Waals surface area contributed by atoms with Crippen molar-refractivity contribution in [2.45, 2.75) is 84.9 Å². The second-order valence-electron chi connectivity index (χ2n) is 11.2. The molecule has 0 radical (unpaired) electrons. The number of sulfone groups is 1. The Balaban J connectivity index is 1.89. The van der Waals surface area contributed by atoms with E-state index < -0.39 is 73.6 Å². The van der Waals surface area contributed by atoms with E-state index in [9.17, 15) is 58.5 Å². The average Bonchev–Trinajstić information content (AvgIpc) is 3.25. The molecule has 6 nitrogen and oxygen atoms in total. The van der Waals surface area contributed by atoms with Crippen molar-refractivity contribution in [3.8, 4) is 0 Å². The number of fused-ring (bicyclic) bond motifs is 3. The number of hydrogen-bond donors (Lipinski definition) is 3. The van der Waals surface area contributed by atoms with Crippen LogP contribution in [0.25, 0.3) is 0 Å². The van der Waals surface area contributed by atoms with Gasteiger partial charge in [0.15, 0.2) is 15.9 Å². The van der Waals surface area contributed by atoms with E-state index in [1.807, 2.05) is 0 Å². The van der Waals surface area contributed by atoms with E-state index in [1.165, 1.54) is 0 Å². The molecule has 0 saturated heterocycles. The van der Waals surface area contributed by atoms with Crippen LogP contribution in [-0.2, 0) is 31.5 Å². The Hall–Kier alpha value is -2.78. The number of rotatable bonds is 6. The van der Waals surface area contributed by atoms with Crippen LogP contribution in [-0.4, -0.2) is 54.6 Å². The molecule has 1 saturated carbocycles. The molecular weight excluding hydrogens is 602 g/mol. The van der Waals surface area contributed by atoms with Gasteiger partial charge in [0.1, 0.15) is 10.6 Å². The van der Waals surface area contributed by atoms with E-state index in [2.05, 4.69) is 5.32 Å². The van der Waals surface area contributed by atoms with Gasteiger partial charge in [0.25, 0.3) is 5.91 Å².